The maximum Gasteiger partial charge on any atom is 0.209 e. The first-order chi connectivity index (χ1) is 9.54. The van der Waals surface area contributed by atoms with Crippen LogP contribution in [0.1, 0.15) is 52.5 Å². The molecule has 110 valence electrons. The van der Waals surface area contributed by atoms with Gasteiger partial charge in [-0.05, 0) is 56.9 Å². The molecule has 0 amide bonds. The molecule has 0 saturated heterocycles. The number of nitriles is 1. The lowest BCUT2D eigenvalue weighted by Crippen LogP contribution is -2.44. The Morgan fingerprint density at radius 2 is 2.30 bits per heavy atom. The molecule has 20 heavy (non-hydrogen) atoms. The highest BCUT2D eigenvalue weighted by Crippen LogP contribution is 2.36. The van der Waals surface area contributed by atoms with Crippen molar-refractivity contribution in [1.29, 1.82) is 5.26 Å². The van der Waals surface area contributed by atoms with Crippen molar-refractivity contribution in [2.24, 2.45) is 0 Å². The number of hydrogen-bond acceptors (Lipinski definition) is 6. The summed E-state index contributed by atoms with van der Waals surface area (Å²) >= 11 is 1.68. The Labute approximate surface area is 124 Å². The number of aromatic nitrogens is 4. The predicted octanol–water partition coefficient (Wildman–Crippen LogP) is 2.16. The molecule has 1 saturated carbocycles. The van der Waals surface area contributed by atoms with E-state index in [0.717, 1.165) is 23.8 Å². The van der Waals surface area contributed by atoms with Crippen molar-refractivity contribution in [1.82, 2.24) is 25.5 Å². The first-order valence-corrected chi connectivity index (χ1v) is 8.12. The van der Waals surface area contributed by atoms with Crippen LogP contribution >= 0.6 is 11.8 Å². The van der Waals surface area contributed by atoms with Gasteiger partial charge in [0.15, 0.2) is 0 Å². The molecule has 1 fully saturated rings. The Bertz CT molecular complexity index is 475. The second-order valence-electron chi connectivity index (χ2n) is 5.83. The van der Waals surface area contributed by atoms with Crippen molar-refractivity contribution in [3.8, 4) is 6.07 Å². The summed E-state index contributed by atoms with van der Waals surface area (Å²) in [4.78, 5) is 0. The first kappa shape index (κ1) is 15.3. The molecule has 1 aromatic heterocycles. The molecule has 1 aromatic rings. The zero-order chi connectivity index (χ0) is 14.6. The predicted molar refractivity (Wildman–Crippen MR) is 78.3 cm³/mol. The highest BCUT2D eigenvalue weighted by atomic mass is 32.2. The van der Waals surface area contributed by atoms with Gasteiger partial charge in [-0.15, -0.1) is 5.10 Å². The number of tetrazole rings is 1. The molecule has 0 bridgehead atoms. The fourth-order valence-corrected chi connectivity index (χ4v) is 3.10. The van der Waals surface area contributed by atoms with Crippen LogP contribution < -0.4 is 5.32 Å². The molecule has 1 aliphatic rings. The lowest BCUT2D eigenvalue weighted by molar-refractivity contribution is 0.380. The third-order valence-corrected chi connectivity index (χ3v) is 4.28. The van der Waals surface area contributed by atoms with Crippen LogP contribution in [0.25, 0.3) is 0 Å². The number of rotatable bonds is 8. The number of nitrogens with zero attached hydrogens (tertiary/aromatic N) is 5. The minimum Gasteiger partial charge on any atom is -0.297 e. The molecule has 0 radical (unpaired) electrons. The number of thioether (sulfide) groups is 1. The van der Waals surface area contributed by atoms with E-state index in [4.69, 9.17) is 0 Å². The number of hydrogen-bond donors (Lipinski definition) is 1. The lowest BCUT2D eigenvalue weighted by atomic mass is 9.97. The van der Waals surface area contributed by atoms with Crippen molar-refractivity contribution < 1.29 is 0 Å². The van der Waals surface area contributed by atoms with Gasteiger partial charge in [0, 0.05) is 11.8 Å². The first-order valence-electron chi connectivity index (χ1n) is 7.14. The van der Waals surface area contributed by atoms with Crippen molar-refractivity contribution in [3.05, 3.63) is 0 Å². The van der Waals surface area contributed by atoms with Gasteiger partial charge in [-0.25, -0.2) is 4.68 Å². The summed E-state index contributed by atoms with van der Waals surface area (Å²) in [7, 11) is 0. The quantitative estimate of drug-likeness (QED) is 0.584. The van der Waals surface area contributed by atoms with E-state index in [0.29, 0.717) is 12.1 Å². The van der Waals surface area contributed by atoms with Gasteiger partial charge in [-0.2, -0.15) is 5.26 Å². The molecule has 6 nitrogen and oxygen atoms in total. The summed E-state index contributed by atoms with van der Waals surface area (Å²) in [5.74, 6) is 0.935. The van der Waals surface area contributed by atoms with E-state index < -0.39 is 5.54 Å². The smallest absolute Gasteiger partial charge is 0.209 e. The highest BCUT2D eigenvalue weighted by Gasteiger charge is 2.28. The third kappa shape index (κ3) is 4.18. The van der Waals surface area contributed by atoms with Crippen LogP contribution in [0.15, 0.2) is 5.16 Å². The van der Waals surface area contributed by atoms with E-state index in [9.17, 15) is 5.26 Å². The zero-order valence-corrected chi connectivity index (χ0v) is 13.2. The summed E-state index contributed by atoms with van der Waals surface area (Å²) in [6, 6.07) is 3.20. The summed E-state index contributed by atoms with van der Waals surface area (Å²) in [5, 5.41) is 25.4. The van der Waals surface area contributed by atoms with E-state index in [1.165, 1.54) is 12.8 Å². The van der Waals surface area contributed by atoms with Gasteiger partial charge >= 0.3 is 0 Å². The molecular weight excluding hydrogens is 272 g/mol. The maximum absolute atomic E-state index is 9.29. The Morgan fingerprint density at radius 1 is 1.55 bits per heavy atom. The van der Waals surface area contributed by atoms with E-state index in [1.807, 2.05) is 11.6 Å². The summed E-state index contributed by atoms with van der Waals surface area (Å²) in [6.07, 6.45) is 4.17. The van der Waals surface area contributed by atoms with E-state index in [1.54, 1.807) is 11.8 Å². The SMILES string of the molecule is CC(C)NC(C)(C#N)CCCSc1nnnn1C1CC1. The van der Waals surface area contributed by atoms with Gasteiger partial charge < -0.3 is 0 Å². The highest BCUT2D eigenvalue weighted by molar-refractivity contribution is 7.99. The molecule has 1 N–H and O–H groups in total. The van der Waals surface area contributed by atoms with Gasteiger partial charge in [0.1, 0.15) is 5.54 Å². The third-order valence-electron chi connectivity index (χ3n) is 3.26. The molecule has 0 aliphatic heterocycles. The van der Waals surface area contributed by atoms with Crippen molar-refractivity contribution >= 4 is 11.8 Å². The van der Waals surface area contributed by atoms with Gasteiger partial charge in [0.25, 0.3) is 0 Å². The van der Waals surface area contributed by atoms with Crippen LogP contribution in [0, 0.1) is 11.3 Å². The van der Waals surface area contributed by atoms with Crippen molar-refractivity contribution in [2.75, 3.05) is 5.75 Å². The molecule has 1 unspecified atom stereocenters. The molecule has 2 rings (SSSR count). The Hall–Kier alpha value is -1.13. The molecule has 1 aliphatic carbocycles. The molecule has 1 heterocycles. The van der Waals surface area contributed by atoms with E-state index in [2.05, 4.69) is 40.8 Å². The Kier molecular flexibility index (Phi) is 5.00. The minimum atomic E-state index is -0.447. The molecule has 7 heteroatoms. The van der Waals surface area contributed by atoms with Gasteiger partial charge in [0.2, 0.25) is 5.16 Å². The molecule has 0 aromatic carbocycles. The van der Waals surface area contributed by atoms with Gasteiger partial charge in [-0.1, -0.05) is 11.8 Å². The zero-order valence-electron chi connectivity index (χ0n) is 12.3. The van der Waals surface area contributed by atoms with Crippen LogP contribution in [-0.4, -0.2) is 37.5 Å². The minimum absolute atomic E-state index is 0.314. The normalized spacial score (nSPS) is 17.9. The second kappa shape index (κ2) is 6.55. The largest absolute Gasteiger partial charge is 0.297 e. The van der Waals surface area contributed by atoms with Crippen LogP contribution in [0.3, 0.4) is 0 Å². The van der Waals surface area contributed by atoms with E-state index >= 15 is 0 Å². The average molecular weight is 294 g/mol. The van der Waals surface area contributed by atoms with Gasteiger partial charge in [-0.3, -0.25) is 5.32 Å². The van der Waals surface area contributed by atoms with Crippen molar-refractivity contribution in [2.45, 2.75) is 69.2 Å². The fraction of sp³-hybridized carbons (Fsp3) is 0.846. The number of nitrogens with one attached hydrogen (secondary N) is 1. The van der Waals surface area contributed by atoms with E-state index in [-0.39, 0.29) is 0 Å². The maximum atomic E-state index is 9.29. The average Bonchev–Trinajstić information content (AvgIpc) is 3.13. The summed E-state index contributed by atoms with van der Waals surface area (Å²) < 4.78 is 1.93. The van der Waals surface area contributed by atoms with Crippen LogP contribution in [0.2, 0.25) is 0 Å². The summed E-state index contributed by atoms with van der Waals surface area (Å²) in [6.45, 7) is 6.09. The molecule has 0 spiro atoms. The molecule has 1 atom stereocenters. The fourth-order valence-electron chi connectivity index (χ4n) is 2.22. The van der Waals surface area contributed by atoms with Gasteiger partial charge in [0.05, 0.1) is 12.1 Å². The summed E-state index contributed by atoms with van der Waals surface area (Å²) in [5.41, 5.74) is -0.447. The Balaban J connectivity index is 1.75. The van der Waals surface area contributed by atoms with Crippen LogP contribution in [0.5, 0.6) is 0 Å². The van der Waals surface area contributed by atoms with Crippen LogP contribution in [-0.2, 0) is 0 Å². The molecular formula is C13H22N6S. The topological polar surface area (TPSA) is 79.4 Å². The lowest BCUT2D eigenvalue weighted by Gasteiger charge is -2.25. The van der Waals surface area contributed by atoms with Crippen LogP contribution in [0.4, 0.5) is 0 Å². The standard InChI is InChI=1S/C13H22N6S/c1-10(2)15-13(3,9-14)7-4-8-20-12-16-17-18-19(12)11-5-6-11/h10-11,15H,4-8H2,1-3H3. The monoisotopic (exact) mass is 294 g/mol. The second-order valence-corrected chi connectivity index (χ2v) is 6.89. The Morgan fingerprint density at radius 3 is 2.90 bits per heavy atom. The van der Waals surface area contributed by atoms with Crippen molar-refractivity contribution in [3.63, 3.8) is 0 Å².